The van der Waals surface area contributed by atoms with E-state index in [4.69, 9.17) is 0 Å². The molecule has 1 N–H and O–H groups in total. The van der Waals surface area contributed by atoms with Crippen LogP contribution in [0, 0.1) is 5.92 Å². The molecule has 1 atom stereocenters. The monoisotopic (exact) mass is 429 g/mol. The number of nitrogens with one attached hydrogen (secondary N) is 1. The van der Waals surface area contributed by atoms with E-state index in [-0.39, 0.29) is 11.4 Å². The molecule has 0 aliphatic carbocycles. The minimum atomic E-state index is -0.0345. The Morgan fingerprint density at radius 1 is 1.30 bits per heavy atom. The van der Waals surface area contributed by atoms with Crippen LogP contribution in [0.5, 0.6) is 0 Å². The molecular formula is C23H35N5OS. The molecule has 2 aromatic rings. The molecule has 30 heavy (non-hydrogen) atoms. The Morgan fingerprint density at radius 2 is 2.03 bits per heavy atom. The smallest absolute Gasteiger partial charge is 0.230 e. The second-order valence-electron chi connectivity index (χ2n) is 9.30. The second-order valence-corrected chi connectivity index (χ2v) is 10.2. The van der Waals surface area contributed by atoms with Crippen LogP contribution in [0.2, 0.25) is 0 Å². The number of aromatic nitrogens is 3. The van der Waals surface area contributed by atoms with Crippen molar-refractivity contribution in [2.45, 2.75) is 64.1 Å². The number of hydrogen-bond acceptors (Lipinski definition) is 5. The summed E-state index contributed by atoms with van der Waals surface area (Å²) in [6.45, 7) is 14.0. The number of thioether (sulfide) groups is 1. The zero-order valence-electron chi connectivity index (χ0n) is 18.9. The molecule has 0 saturated carbocycles. The molecule has 1 amide bonds. The van der Waals surface area contributed by atoms with Gasteiger partial charge in [-0.15, -0.1) is 10.2 Å². The molecule has 1 unspecified atom stereocenters. The first-order valence-electron chi connectivity index (χ1n) is 10.9. The van der Waals surface area contributed by atoms with Crippen LogP contribution in [0.15, 0.2) is 35.7 Å². The standard InChI is InChI=1S/C23H35N5OS/c1-17(2)19-8-10-20(11-9-19)28-16-25-26-22(28)30-14-21(29)24-15-23(4,5)27-12-6-7-18(3)13-27/h8-11,16-18H,6-7,12-15H2,1-5H3,(H,24,29). The number of carbonyl (C=O) groups excluding carboxylic acids is 1. The van der Waals surface area contributed by atoms with Gasteiger partial charge >= 0.3 is 0 Å². The van der Waals surface area contributed by atoms with Crippen LogP contribution in [0.25, 0.3) is 5.69 Å². The normalized spacial score (nSPS) is 18.0. The van der Waals surface area contributed by atoms with Crippen LogP contribution in [0.3, 0.4) is 0 Å². The van der Waals surface area contributed by atoms with Crippen molar-refractivity contribution in [3.63, 3.8) is 0 Å². The molecular weight excluding hydrogens is 394 g/mol. The summed E-state index contributed by atoms with van der Waals surface area (Å²) in [5.41, 5.74) is 2.27. The molecule has 3 rings (SSSR count). The minimum Gasteiger partial charge on any atom is -0.354 e. The molecule has 1 aliphatic heterocycles. The summed E-state index contributed by atoms with van der Waals surface area (Å²) in [6, 6.07) is 8.41. The van der Waals surface area contributed by atoms with Gasteiger partial charge in [-0.2, -0.15) is 0 Å². The summed E-state index contributed by atoms with van der Waals surface area (Å²) in [4.78, 5) is 15.0. The number of benzene rings is 1. The highest BCUT2D eigenvalue weighted by atomic mass is 32.2. The van der Waals surface area contributed by atoms with Gasteiger partial charge in [-0.05, 0) is 62.8 Å². The maximum absolute atomic E-state index is 12.5. The van der Waals surface area contributed by atoms with Gasteiger partial charge < -0.3 is 5.32 Å². The fourth-order valence-electron chi connectivity index (χ4n) is 3.87. The number of rotatable bonds is 8. The Hall–Kier alpha value is -1.86. The molecule has 2 heterocycles. The van der Waals surface area contributed by atoms with Crippen molar-refractivity contribution < 1.29 is 4.79 Å². The van der Waals surface area contributed by atoms with E-state index in [1.54, 1.807) is 6.33 Å². The summed E-state index contributed by atoms with van der Waals surface area (Å²) < 4.78 is 1.93. The van der Waals surface area contributed by atoms with Crippen molar-refractivity contribution in [1.82, 2.24) is 25.0 Å². The van der Waals surface area contributed by atoms with Crippen molar-refractivity contribution >= 4 is 17.7 Å². The Labute approximate surface area is 184 Å². The zero-order chi connectivity index (χ0) is 21.7. The Bertz CT molecular complexity index is 830. The summed E-state index contributed by atoms with van der Waals surface area (Å²) >= 11 is 1.42. The van der Waals surface area contributed by atoms with Crippen molar-refractivity contribution in [2.24, 2.45) is 5.92 Å². The van der Waals surface area contributed by atoms with E-state index in [1.165, 1.54) is 30.2 Å². The van der Waals surface area contributed by atoms with Gasteiger partial charge in [0, 0.05) is 24.3 Å². The fourth-order valence-corrected chi connectivity index (χ4v) is 4.63. The highest BCUT2D eigenvalue weighted by molar-refractivity contribution is 7.99. The lowest BCUT2D eigenvalue weighted by Crippen LogP contribution is -2.54. The van der Waals surface area contributed by atoms with Crippen LogP contribution in [0.1, 0.15) is 58.9 Å². The SMILES string of the molecule is CC1CCCN(C(C)(C)CNC(=O)CSc2nncn2-c2ccc(C(C)C)cc2)C1. The lowest BCUT2D eigenvalue weighted by molar-refractivity contribution is -0.119. The van der Waals surface area contributed by atoms with Crippen molar-refractivity contribution in [2.75, 3.05) is 25.4 Å². The van der Waals surface area contributed by atoms with Crippen LogP contribution in [-0.2, 0) is 4.79 Å². The third kappa shape index (κ3) is 5.85. The molecule has 1 aromatic carbocycles. The highest BCUT2D eigenvalue weighted by Crippen LogP contribution is 2.24. The number of piperidine rings is 1. The molecule has 1 aliphatic rings. The summed E-state index contributed by atoms with van der Waals surface area (Å²) in [6.07, 6.45) is 4.24. The van der Waals surface area contributed by atoms with Crippen LogP contribution < -0.4 is 5.32 Å². The van der Waals surface area contributed by atoms with Gasteiger partial charge in [0.2, 0.25) is 5.91 Å². The third-order valence-electron chi connectivity index (χ3n) is 5.92. The molecule has 0 spiro atoms. The maximum atomic E-state index is 12.5. The number of hydrogen-bond donors (Lipinski definition) is 1. The van der Waals surface area contributed by atoms with Crippen LogP contribution in [-0.4, -0.2) is 56.5 Å². The molecule has 1 aromatic heterocycles. The maximum Gasteiger partial charge on any atom is 0.230 e. The lowest BCUT2D eigenvalue weighted by atomic mass is 9.93. The highest BCUT2D eigenvalue weighted by Gasteiger charge is 2.30. The molecule has 164 valence electrons. The van der Waals surface area contributed by atoms with E-state index < -0.39 is 0 Å². The van der Waals surface area contributed by atoms with Gasteiger partial charge in [0.25, 0.3) is 0 Å². The fraction of sp³-hybridized carbons (Fsp3) is 0.609. The predicted molar refractivity (Wildman–Crippen MR) is 123 cm³/mol. The predicted octanol–water partition coefficient (Wildman–Crippen LogP) is 4.11. The molecule has 7 heteroatoms. The van der Waals surface area contributed by atoms with Gasteiger partial charge in [-0.3, -0.25) is 14.3 Å². The van der Waals surface area contributed by atoms with Gasteiger partial charge in [0.1, 0.15) is 6.33 Å². The Morgan fingerprint density at radius 3 is 2.70 bits per heavy atom. The average molecular weight is 430 g/mol. The quantitative estimate of drug-likeness (QED) is 0.640. The van der Waals surface area contributed by atoms with Crippen molar-refractivity contribution in [1.29, 1.82) is 0 Å². The molecule has 6 nitrogen and oxygen atoms in total. The number of carbonyl (C=O) groups is 1. The number of amides is 1. The number of nitrogens with zero attached hydrogens (tertiary/aromatic N) is 4. The molecule has 0 bridgehead atoms. The van der Waals surface area contributed by atoms with E-state index in [1.807, 2.05) is 4.57 Å². The van der Waals surface area contributed by atoms with E-state index in [2.05, 4.69) is 79.3 Å². The Balaban J connectivity index is 1.52. The first-order valence-corrected chi connectivity index (χ1v) is 11.9. The molecule has 0 radical (unpaired) electrons. The van der Waals surface area contributed by atoms with Crippen LogP contribution in [0.4, 0.5) is 0 Å². The molecule has 1 saturated heterocycles. The van der Waals surface area contributed by atoms with Gasteiger partial charge in [0.15, 0.2) is 5.16 Å². The van der Waals surface area contributed by atoms with E-state index >= 15 is 0 Å². The lowest BCUT2D eigenvalue weighted by Gasteiger charge is -2.43. The average Bonchev–Trinajstić information content (AvgIpc) is 3.19. The van der Waals surface area contributed by atoms with E-state index in [0.29, 0.717) is 18.2 Å². The minimum absolute atomic E-state index is 0.0304. The van der Waals surface area contributed by atoms with Gasteiger partial charge in [-0.25, -0.2) is 0 Å². The van der Waals surface area contributed by atoms with Crippen molar-refractivity contribution in [3.8, 4) is 5.69 Å². The summed E-state index contributed by atoms with van der Waals surface area (Å²) in [5, 5.41) is 12.1. The van der Waals surface area contributed by atoms with E-state index in [0.717, 1.165) is 29.9 Å². The first kappa shape index (κ1) is 22.8. The van der Waals surface area contributed by atoms with E-state index in [9.17, 15) is 4.79 Å². The van der Waals surface area contributed by atoms with Crippen LogP contribution >= 0.6 is 11.8 Å². The second kappa shape index (κ2) is 9.96. The Kier molecular flexibility index (Phi) is 7.58. The topological polar surface area (TPSA) is 63.1 Å². The summed E-state index contributed by atoms with van der Waals surface area (Å²) in [5.74, 6) is 1.58. The van der Waals surface area contributed by atoms with Gasteiger partial charge in [-0.1, -0.05) is 44.7 Å². The largest absolute Gasteiger partial charge is 0.354 e. The van der Waals surface area contributed by atoms with Crippen molar-refractivity contribution in [3.05, 3.63) is 36.2 Å². The third-order valence-corrected chi connectivity index (χ3v) is 6.86. The van der Waals surface area contributed by atoms with Gasteiger partial charge in [0.05, 0.1) is 5.75 Å². The first-order chi connectivity index (χ1) is 14.3. The zero-order valence-corrected chi connectivity index (χ0v) is 19.7. The molecule has 1 fully saturated rings. The summed E-state index contributed by atoms with van der Waals surface area (Å²) in [7, 11) is 0. The number of likely N-dealkylation sites (tertiary alicyclic amines) is 1.